The van der Waals surface area contributed by atoms with E-state index in [1.165, 1.54) is 16.4 Å². The lowest BCUT2D eigenvalue weighted by Crippen LogP contribution is -2.42. The summed E-state index contributed by atoms with van der Waals surface area (Å²) in [5, 5.41) is 8.17. The number of aromatic nitrogens is 3. The fourth-order valence-electron chi connectivity index (χ4n) is 3.59. The minimum atomic E-state index is -4.15. The molecule has 1 aliphatic rings. The molecule has 0 bridgehead atoms. The van der Waals surface area contributed by atoms with Crippen molar-refractivity contribution in [2.75, 3.05) is 6.61 Å². The highest BCUT2D eigenvalue weighted by molar-refractivity contribution is 7.89. The summed E-state index contributed by atoms with van der Waals surface area (Å²) < 4.78 is 55.3. The first-order valence-corrected chi connectivity index (χ1v) is 11.1. The van der Waals surface area contributed by atoms with E-state index in [9.17, 15) is 12.8 Å². The second-order valence-electron chi connectivity index (χ2n) is 7.70. The van der Waals surface area contributed by atoms with E-state index in [0.717, 1.165) is 6.07 Å². The van der Waals surface area contributed by atoms with Crippen molar-refractivity contribution >= 4 is 10.0 Å². The van der Waals surface area contributed by atoms with Gasteiger partial charge in [-0.3, -0.25) is 0 Å². The van der Waals surface area contributed by atoms with E-state index >= 15 is 0 Å². The molecule has 30 heavy (non-hydrogen) atoms. The Balaban J connectivity index is 1.67. The van der Waals surface area contributed by atoms with E-state index in [0.29, 0.717) is 24.4 Å². The number of hydrogen-bond donors (Lipinski definition) is 0. The molecule has 0 radical (unpaired) electrons. The maximum absolute atomic E-state index is 14.5. The lowest BCUT2D eigenvalue weighted by atomic mass is 10.0. The van der Waals surface area contributed by atoms with Gasteiger partial charge in [0.05, 0.1) is 30.7 Å². The van der Waals surface area contributed by atoms with Crippen LogP contribution in [0.1, 0.15) is 31.7 Å². The smallest absolute Gasteiger partial charge is 0.250 e. The highest BCUT2D eigenvalue weighted by Crippen LogP contribution is 2.35. The zero-order valence-electron chi connectivity index (χ0n) is 16.7. The molecule has 160 valence electrons. The summed E-state index contributed by atoms with van der Waals surface area (Å²) in [4.78, 5) is -0.431. The highest BCUT2D eigenvalue weighted by atomic mass is 32.2. The molecule has 4 rings (SSSR count). The van der Waals surface area contributed by atoms with Gasteiger partial charge in [0.2, 0.25) is 10.0 Å². The number of rotatable bonds is 6. The molecule has 3 aromatic rings. The third-order valence-corrected chi connectivity index (χ3v) is 6.84. The zero-order chi connectivity index (χ0) is 21.3. The van der Waals surface area contributed by atoms with Gasteiger partial charge in [-0.15, -0.1) is 5.10 Å². The molecule has 1 aliphatic heterocycles. The molecule has 1 atom stereocenters. The summed E-state index contributed by atoms with van der Waals surface area (Å²) in [6.45, 7) is 4.48. The van der Waals surface area contributed by atoms with Crippen LogP contribution < -0.4 is 4.74 Å². The summed E-state index contributed by atoms with van der Waals surface area (Å²) in [7, 11) is -4.15. The summed E-state index contributed by atoms with van der Waals surface area (Å²) in [5.41, 5.74) is 0.457. The van der Waals surface area contributed by atoms with Crippen LogP contribution in [0.2, 0.25) is 0 Å². The predicted octanol–water partition coefficient (Wildman–Crippen LogP) is 3.06. The summed E-state index contributed by atoms with van der Waals surface area (Å²) >= 11 is 0. The number of furan rings is 1. The van der Waals surface area contributed by atoms with Crippen molar-refractivity contribution in [2.45, 2.75) is 44.3 Å². The van der Waals surface area contributed by atoms with Crippen molar-refractivity contribution in [1.82, 2.24) is 19.3 Å². The van der Waals surface area contributed by atoms with E-state index in [-0.39, 0.29) is 24.8 Å². The molecule has 0 saturated carbocycles. The van der Waals surface area contributed by atoms with Gasteiger partial charge < -0.3 is 9.15 Å². The quantitative estimate of drug-likeness (QED) is 0.592. The molecular formula is C20H23FN4O4S. The van der Waals surface area contributed by atoms with Crippen molar-refractivity contribution in [3.8, 4) is 5.75 Å². The largest absolute Gasteiger partial charge is 0.490 e. The minimum Gasteiger partial charge on any atom is -0.490 e. The Morgan fingerprint density at radius 1 is 1.23 bits per heavy atom. The fraction of sp³-hybridized carbons (Fsp3) is 0.400. The van der Waals surface area contributed by atoms with E-state index in [1.807, 2.05) is 19.9 Å². The zero-order valence-corrected chi connectivity index (χ0v) is 17.5. The topological polar surface area (TPSA) is 90.5 Å². The normalized spacial score (nSPS) is 18.7. The number of halogens is 1. The third kappa shape index (κ3) is 4.10. The van der Waals surface area contributed by atoms with E-state index < -0.39 is 26.8 Å². The molecule has 8 nitrogen and oxygen atoms in total. The second kappa shape index (κ2) is 8.19. The Hall–Kier alpha value is -2.72. The SMILES string of the molecule is CC(C)C[C@H]1COc2cccc(F)c2S(=O)(=O)N1Cc1cn(Cc2ccco2)nn1. The van der Waals surface area contributed by atoms with Gasteiger partial charge in [0.25, 0.3) is 0 Å². The van der Waals surface area contributed by atoms with E-state index in [1.54, 1.807) is 23.2 Å². The van der Waals surface area contributed by atoms with Crippen LogP contribution in [0, 0.1) is 11.7 Å². The predicted molar refractivity (Wildman–Crippen MR) is 106 cm³/mol. The lowest BCUT2D eigenvalue weighted by molar-refractivity contribution is 0.186. The molecule has 1 aromatic carbocycles. The van der Waals surface area contributed by atoms with Crippen LogP contribution in [0.25, 0.3) is 0 Å². The third-order valence-electron chi connectivity index (χ3n) is 4.88. The molecule has 0 N–H and O–H groups in total. The van der Waals surface area contributed by atoms with Crippen molar-refractivity contribution in [2.24, 2.45) is 5.92 Å². The molecule has 3 heterocycles. The molecule has 0 unspecified atom stereocenters. The number of benzene rings is 1. The first-order valence-electron chi connectivity index (χ1n) is 9.69. The van der Waals surface area contributed by atoms with Crippen molar-refractivity contribution in [3.05, 3.63) is 60.1 Å². The molecule has 2 aromatic heterocycles. The lowest BCUT2D eigenvalue weighted by Gasteiger charge is -2.28. The summed E-state index contributed by atoms with van der Waals surface area (Å²) in [6.07, 6.45) is 3.80. The monoisotopic (exact) mass is 434 g/mol. The van der Waals surface area contributed by atoms with Gasteiger partial charge in [0.15, 0.2) is 4.90 Å². The molecule has 0 saturated heterocycles. The molecule has 0 aliphatic carbocycles. The Kier molecular flexibility index (Phi) is 5.61. The Morgan fingerprint density at radius 2 is 2.07 bits per heavy atom. The average Bonchev–Trinajstić information content (AvgIpc) is 3.33. The van der Waals surface area contributed by atoms with Gasteiger partial charge in [-0.25, -0.2) is 17.5 Å². The summed E-state index contributed by atoms with van der Waals surface area (Å²) in [6, 6.07) is 7.18. The first-order chi connectivity index (χ1) is 14.3. The van der Waals surface area contributed by atoms with Gasteiger partial charge in [-0.1, -0.05) is 25.1 Å². The van der Waals surface area contributed by atoms with Crippen molar-refractivity contribution in [1.29, 1.82) is 0 Å². The van der Waals surface area contributed by atoms with Crippen LogP contribution in [0.3, 0.4) is 0 Å². The second-order valence-corrected chi connectivity index (χ2v) is 9.53. The van der Waals surface area contributed by atoms with Crippen LogP contribution in [0.5, 0.6) is 5.75 Å². The maximum atomic E-state index is 14.5. The summed E-state index contributed by atoms with van der Waals surface area (Å²) in [5.74, 6) is 0.129. The average molecular weight is 434 g/mol. The number of fused-ring (bicyclic) bond motifs is 1. The number of ether oxygens (including phenoxy) is 1. The number of nitrogens with zero attached hydrogens (tertiary/aromatic N) is 4. The van der Waals surface area contributed by atoms with Crippen LogP contribution in [0.4, 0.5) is 4.39 Å². The van der Waals surface area contributed by atoms with Crippen LogP contribution in [-0.2, 0) is 23.1 Å². The Bertz CT molecular complexity index is 1110. The first kappa shape index (κ1) is 20.5. The maximum Gasteiger partial charge on any atom is 0.250 e. The van der Waals surface area contributed by atoms with Crippen LogP contribution in [0.15, 0.2) is 52.1 Å². The molecular weight excluding hydrogens is 411 g/mol. The van der Waals surface area contributed by atoms with Gasteiger partial charge in [0, 0.05) is 0 Å². The van der Waals surface area contributed by atoms with Crippen molar-refractivity contribution in [3.63, 3.8) is 0 Å². The van der Waals surface area contributed by atoms with E-state index in [2.05, 4.69) is 10.3 Å². The highest BCUT2D eigenvalue weighted by Gasteiger charge is 2.39. The molecule has 0 fully saturated rings. The van der Waals surface area contributed by atoms with Gasteiger partial charge >= 0.3 is 0 Å². The molecule has 0 amide bonds. The van der Waals surface area contributed by atoms with Gasteiger partial charge in [0.1, 0.15) is 30.5 Å². The van der Waals surface area contributed by atoms with Crippen LogP contribution >= 0.6 is 0 Å². The van der Waals surface area contributed by atoms with Crippen molar-refractivity contribution < 1.29 is 22.0 Å². The Labute approximate surface area is 174 Å². The van der Waals surface area contributed by atoms with Gasteiger partial charge in [-0.05, 0) is 36.6 Å². The minimum absolute atomic E-state index is 0.0327. The fourth-order valence-corrected chi connectivity index (χ4v) is 5.36. The van der Waals surface area contributed by atoms with E-state index in [4.69, 9.17) is 9.15 Å². The standard InChI is InChI=1S/C20H23FN4O4S/c1-14(2)9-16-13-29-19-7-3-6-18(21)20(19)30(26,27)25(16)11-15-10-24(23-22-15)12-17-5-4-8-28-17/h3-8,10,14,16H,9,11-13H2,1-2H3/t16-/m0/s1. The number of sulfonamides is 1. The molecule has 0 spiro atoms. The molecule has 10 heteroatoms. The van der Waals surface area contributed by atoms with Crippen LogP contribution in [-0.4, -0.2) is 40.4 Å². The number of hydrogen-bond acceptors (Lipinski definition) is 6. The van der Waals surface area contributed by atoms with Gasteiger partial charge in [-0.2, -0.15) is 4.31 Å². The Morgan fingerprint density at radius 3 is 2.80 bits per heavy atom.